The van der Waals surface area contributed by atoms with E-state index in [1.54, 1.807) is 11.3 Å². The molecule has 1 saturated heterocycles. The molecule has 2 aromatic rings. The second-order valence-electron chi connectivity index (χ2n) is 4.48. The van der Waals surface area contributed by atoms with Crippen LogP contribution in [0.5, 0.6) is 0 Å². The average molecular weight is 281 g/mol. The number of aromatic nitrogens is 1. The summed E-state index contributed by atoms with van der Waals surface area (Å²) in [4.78, 5) is 19.5. The van der Waals surface area contributed by atoms with E-state index in [0.717, 1.165) is 38.9 Å². The molecule has 0 aliphatic carbocycles. The fourth-order valence-corrected chi connectivity index (χ4v) is 4.38. The van der Waals surface area contributed by atoms with E-state index in [0.29, 0.717) is 6.04 Å². The van der Waals surface area contributed by atoms with Gasteiger partial charge in [-0.05, 0) is 26.0 Å². The minimum atomic E-state index is 0.643. The smallest absolute Gasteiger partial charge is 0.187 e. The van der Waals surface area contributed by atoms with Gasteiger partial charge in [-0.15, -0.1) is 11.3 Å². The number of thiophene rings is 1. The Morgan fingerprint density at radius 1 is 1.44 bits per heavy atom. The summed E-state index contributed by atoms with van der Waals surface area (Å²) in [5.41, 5.74) is 0. The molecule has 1 aliphatic rings. The normalized spacial score (nSPS) is 17.5. The van der Waals surface area contributed by atoms with Gasteiger partial charge in [0, 0.05) is 19.1 Å². The van der Waals surface area contributed by atoms with Crippen molar-refractivity contribution >= 4 is 43.6 Å². The van der Waals surface area contributed by atoms with Crippen LogP contribution in [0, 0.1) is 0 Å². The first-order valence-corrected chi connectivity index (χ1v) is 7.71. The van der Waals surface area contributed by atoms with Crippen LogP contribution in [0.1, 0.15) is 22.5 Å². The molecule has 0 saturated carbocycles. The van der Waals surface area contributed by atoms with Gasteiger partial charge in [-0.1, -0.05) is 11.3 Å². The maximum atomic E-state index is 10.7. The third kappa shape index (κ3) is 2.15. The van der Waals surface area contributed by atoms with Crippen molar-refractivity contribution in [1.29, 1.82) is 0 Å². The highest BCUT2D eigenvalue weighted by molar-refractivity contribution is 7.29. The van der Waals surface area contributed by atoms with Crippen molar-refractivity contribution in [2.45, 2.75) is 18.9 Å². The highest BCUT2D eigenvalue weighted by Gasteiger charge is 2.20. The number of anilines is 1. The molecule has 0 unspecified atom stereocenters. The van der Waals surface area contributed by atoms with Gasteiger partial charge in [-0.3, -0.25) is 4.79 Å². The van der Waals surface area contributed by atoms with Gasteiger partial charge >= 0.3 is 0 Å². The molecule has 6 heteroatoms. The Bertz CT molecular complexity index is 523. The van der Waals surface area contributed by atoms with E-state index in [1.165, 1.54) is 24.2 Å². The first-order valence-electron chi connectivity index (χ1n) is 6.08. The standard InChI is InChI=1S/C12H15N3OS2/c1-13-8-2-4-15(5-3-8)12-14-11-10(18-12)6-9(7-16)17-11/h6-8,13H,2-5H2,1H3. The average Bonchev–Trinajstić information content (AvgIpc) is 2.96. The lowest BCUT2D eigenvalue weighted by Gasteiger charge is -2.31. The molecule has 0 amide bonds. The number of carbonyl (C=O) groups is 1. The van der Waals surface area contributed by atoms with Crippen molar-refractivity contribution in [2.24, 2.45) is 0 Å². The van der Waals surface area contributed by atoms with Gasteiger partial charge in [0.05, 0.1) is 9.58 Å². The van der Waals surface area contributed by atoms with Gasteiger partial charge in [0.2, 0.25) is 0 Å². The quantitative estimate of drug-likeness (QED) is 0.877. The second-order valence-corrected chi connectivity index (χ2v) is 6.55. The van der Waals surface area contributed by atoms with Crippen LogP contribution in [0.4, 0.5) is 5.13 Å². The van der Waals surface area contributed by atoms with Crippen molar-refractivity contribution in [1.82, 2.24) is 10.3 Å². The fourth-order valence-electron chi connectivity index (χ4n) is 2.29. The molecule has 0 bridgehead atoms. The van der Waals surface area contributed by atoms with Crippen molar-refractivity contribution in [3.8, 4) is 0 Å². The number of fused-ring (bicyclic) bond motifs is 1. The summed E-state index contributed by atoms with van der Waals surface area (Å²) in [6, 6.07) is 2.58. The Balaban J connectivity index is 1.78. The Labute approximate surface area is 114 Å². The van der Waals surface area contributed by atoms with Crippen LogP contribution >= 0.6 is 22.7 Å². The zero-order valence-electron chi connectivity index (χ0n) is 10.2. The number of hydrogen-bond donors (Lipinski definition) is 1. The molecule has 18 heavy (non-hydrogen) atoms. The Morgan fingerprint density at radius 3 is 2.83 bits per heavy atom. The number of piperidine rings is 1. The van der Waals surface area contributed by atoms with Crippen LogP contribution in [0.2, 0.25) is 0 Å². The van der Waals surface area contributed by atoms with E-state index in [1.807, 2.05) is 13.1 Å². The monoisotopic (exact) mass is 281 g/mol. The van der Waals surface area contributed by atoms with Crippen molar-refractivity contribution < 1.29 is 4.79 Å². The summed E-state index contributed by atoms with van der Waals surface area (Å²) in [6.45, 7) is 2.12. The van der Waals surface area contributed by atoms with E-state index in [9.17, 15) is 4.79 Å². The van der Waals surface area contributed by atoms with Gasteiger partial charge in [-0.25, -0.2) is 4.98 Å². The molecule has 0 radical (unpaired) electrons. The topological polar surface area (TPSA) is 45.2 Å². The van der Waals surface area contributed by atoms with Gasteiger partial charge in [0.15, 0.2) is 11.4 Å². The zero-order valence-corrected chi connectivity index (χ0v) is 11.8. The maximum absolute atomic E-state index is 10.7. The minimum Gasteiger partial charge on any atom is -0.348 e. The minimum absolute atomic E-state index is 0.643. The largest absolute Gasteiger partial charge is 0.348 e. The molecule has 4 nitrogen and oxygen atoms in total. The van der Waals surface area contributed by atoms with E-state index in [-0.39, 0.29) is 0 Å². The molecule has 1 fully saturated rings. The van der Waals surface area contributed by atoms with Gasteiger partial charge in [0.1, 0.15) is 4.83 Å². The summed E-state index contributed by atoms with van der Waals surface area (Å²) in [7, 11) is 2.03. The number of nitrogens with one attached hydrogen (secondary N) is 1. The summed E-state index contributed by atoms with van der Waals surface area (Å²) in [6.07, 6.45) is 3.24. The lowest BCUT2D eigenvalue weighted by atomic mass is 10.1. The zero-order chi connectivity index (χ0) is 12.5. The molecule has 0 spiro atoms. The number of nitrogens with zero attached hydrogens (tertiary/aromatic N) is 2. The molecule has 1 N–H and O–H groups in total. The Morgan fingerprint density at radius 2 is 2.22 bits per heavy atom. The summed E-state index contributed by atoms with van der Waals surface area (Å²) in [5.74, 6) is 0. The number of thiazole rings is 1. The molecule has 0 atom stereocenters. The SMILES string of the molecule is CNC1CCN(c2nc3sc(C=O)cc3s2)CC1. The molecule has 1 aliphatic heterocycles. The van der Waals surface area contributed by atoms with Crippen LogP contribution in [-0.2, 0) is 0 Å². The van der Waals surface area contributed by atoms with Crippen LogP contribution in [0.3, 0.4) is 0 Å². The van der Waals surface area contributed by atoms with Crippen LogP contribution < -0.4 is 10.2 Å². The third-order valence-electron chi connectivity index (χ3n) is 3.39. The Kier molecular flexibility index (Phi) is 3.32. The summed E-state index contributed by atoms with van der Waals surface area (Å²) < 4.78 is 1.13. The lowest BCUT2D eigenvalue weighted by Crippen LogP contribution is -2.41. The molecular formula is C12H15N3OS2. The van der Waals surface area contributed by atoms with Crippen molar-refractivity contribution in [3.63, 3.8) is 0 Å². The van der Waals surface area contributed by atoms with Gasteiger partial charge in [-0.2, -0.15) is 0 Å². The van der Waals surface area contributed by atoms with Gasteiger partial charge < -0.3 is 10.2 Å². The van der Waals surface area contributed by atoms with Crippen LogP contribution in [0.15, 0.2) is 6.07 Å². The first-order chi connectivity index (χ1) is 8.80. The molecule has 96 valence electrons. The van der Waals surface area contributed by atoms with Crippen molar-refractivity contribution in [2.75, 3.05) is 25.0 Å². The van der Waals surface area contributed by atoms with E-state index >= 15 is 0 Å². The molecule has 3 heterocycles. The summed E-state index contributed by atoms with van der Waals surface area (Å²) in [5, 5.41) is 4.43. The van der Waals surface area contributed by atoms with Gasteiger partial charge in [0.25, 0.3) is 0 Å². The number of aldehydes is 1. The first kappa shape index (κ1) is 12.1. The molecule has 0 aromatic carbocycles. The third-order valence-corrected chi connectivity index (χ3v) is 5.53. The highest BCUT2D eigenvalue weighted by atomic mass is 32.1. The maximum Gasteiger partial charge on any atom is 0.187 e. The van der Waals surface area contributed by atoms with Crippen LogP contribution in [-0.4, -0.2) is 37.4 Å². The second kappa shape index (κ2) is 4.95. The van der Waals surface area contributed by atoms with E-state index in [2.05, 4.69) is 15.2 Å². The molecule has 3 rings (SSSR count). The molecular weight excluding hydrogens is 266 g/mol. The van der Waals surface area contributed by atoms with E-state index < -0.39 is 0 Å². The van der Waals surface area contributed by atoms with E-state index in [4.69, 9.17) is 0 Å². The predicted octanol–water partition coefficient (Wildman–Crippen LogP) is 2.36. The number of rotatable bonds is 3. The number of carbonyl (C=O) groups excluding carboxylic acids is 1. The summed E-state index contributed by atoms with van der Waals surface area (Å²) >= 11 is 3.17. The van der Waals surface area contributed by atoms with Crippen molar-refractivity contribution in [3.05, 3.63) is 10.9 Å². The highest BCUT2D eigenvalue weighted by Crippen LogP contribution is 2.34. The molecule has 2 aromatic heterocycles. The fraction of sp³-hybridized carbons (Fsp3) is 0.500. The lowest BCUT2D eigenvalue weighted by molar-refractivity contribution is 0.112. The predicted molar refractivity (Wildman–Crippen MR) is 77.2 cm³/mol. The Hall–Kier alpha value is -0.980. The number of hydrogen-bond acceptors (Lipinski definition) is 6. The van der Waals surface area contributed by atoms with Crippen LogP contribution in [0.25, 0.3) is 9.53 Å².